The van der Waals surface area contributed by atoms with Gasteiger partial charge in [-0.05, 0) is 50.1 Å². The third kappa shape index (κ3) is 4.77. The maximum Gasteiger partial charge on any atom is 0.261 e. The maximum atomic E-state index is 12.5. The summed E-state index contributed by atoms with van der Waals surface area (Å²) in [6, 6.07) is 10.3. The molecular weight excluding hydrogens is 392 g/mol. The summed E-state index contributed by atoms with van der Waals surface area (Å²) < 4.78 is 5.63. The lowest BCUT2D eigenvalue weighted by atomic mass is 10.1. The number of imide groups is 1. The first-order chi connectivity index (χ1) is 13.9. The Labute approximate surface area is 174 Å². The number of hydrogen-bond acceptors (Lipinski definition) is 4. The van der Waals surface area contributed by atoms with Crippen molar-refractivity contribution in [3.05, 3.63) is 58.1 Å². The van der Waals surface area contributed by atoms with Crippen molar-refractivity contribution in [2.24, 2.45) is 0 Å². The molecule has 6 nitrogen and oxygen atoms in total. The van der Waals surface area contributed by atoms with Gasteiger partial charge in [-0.15, -0.1) is 0 Å². The molecule has 3 amide bonds. The molecule has 1 aliphatic heterocycles. The quantitative estimate of drug-likeness (QED) is 0.647. The zero-order valence-electron chi connectivity index (χ0n) is 16.5. The molecule has 2 aromatic carbocycles. The Balaban J connectivity index is 1.57. The van der Waals surface area contributed by atoms with E-state index in [1.807, 2.05) is 19.9 Å². The van der Waals surface area contributed by atoms with Gasteiger partial charge in [-0.1, -0.05) is 30.2 Å². The van der Waals surface area contributed by atoms with Gasteiger partial charge < -0.3 is 10.1 Å². The fraction of sp³-hybridized carbons (Fsp3) is 0.318. The monoisotopic (exact) mass is 414 g/mol. The van der Waals surface area contributed by atoms with Gasteiger partial charge in [0.25, 0.3) is 11.8 Å². The van der Waals surface area contributed by atoms with E-state index in [1.54, 1.807) is 30.3 Å². The molecule has 7 heteroatoms. The lowest BCUT2D eigenvalue weighted by Gasteiger charge is -2.15. The van der Waals surface area contributed by atoms with Crippen LogP contribution in [0.2, 0.25) is 5.02 Å². The molecule has 0 spiro atoms. The second-order valence-electron chi connectivity index (χ2n) is 6.95. The number of nitrogens with one attached hydrogen (secondary N) is 1. The first-order valence-corrected chi connectivity index (χ1v) is 9.97. The van der Waals surface area contributed by atoms with Crippen LogP contribution in [-0.2, 0) is 4.79 Å². The summed E-state index contributed by atoms with van der Waals surface area (Å²) in [4.78, 5) is 38.5. The number of aryl methyl sites for hydroxylation is 1. The van der Waals surface area contributed by atoms with E-state index < -0.39 is 0 Å². The van der Waals surface area contributed by atoms with Gasteiger partial charge in [0.15, 0.2) is 0 Å². The van der Waals surface area contributed by atoms with Crippen LogP contribution >= 0.6 is 11.6 Å². The largest absolute Gasteiger partial charge is 0.491 e. The van der Waals surface area contributed by atoms with Crippen molar-refractivity contribution in [1.82, 2.24) is 4.90 Å². The number of benzene rings is 2. The molecule has 0 saturated carbocycles. The smallest absolute Gasteiger partial charge is 0.261 e. The lowest BCUT2D eigenvalue weighted by Crippen LogP contribution is -2.31. The van der Waals surface area contributed by atoms with Gasteiger partial charge in [0, 0.05) is 18.0 Å². The van der Waals surface area contributed by atoms with Crippen LogP contribution in [0.5, 0.6) is 5.75 Å². The van der Waals surface area contributed by atoms with Crippen molar-refractivity contribution in [2.45, 2.75) is 33.1 Å². The minimum Gasteiger partial charge on any atom is -0.491 e. The molecule has 0 fully saturated rings. The van der Waals surface area contributed by atoms with Gasteiger partial charge in [0.1, 0.15) is 5.75 Å². The van der Waals surface area contributed by atoms with Crippen molar-refractivity contribution in [1.29, 1.82) is 0 Å². The van der Waals surface area contributed by atoms with Crippen LogP contribution in [0.15, 0.2) is 36.4 Å². The summed E-state index contributed by atoms with van der Waals surface area (Å²) in [6.45, 7) is 4.59. The molecule has 0 aromatic heterocycles. The normalized spacial score (nSPS) is 12.9. The van der Waals surface area contributed by atoms with E-state index in [9.17, 15) is 14.4 Å². The highest BCUT2D eigenvalue weighted by molar-refractivity contribution is 6.31. The van der Waals surface area contributed by atoms with Gasteiger partial charge in [-0.25, -0.2) is 0 Å². The molecule has 29 heavy (non-hydrogen) atoms. The molecule has 1 heterocycles. The van der Waals surface area contributed by atoms with Crippen LogP contribution in [0.3, 0.4) is 0 Å². The molecule has 0 atom stereocenters. The minimum absolute atomic E-state index is 0.159. The van der Waals surface area contributed by atoms with Gasteiger partial charge in [0.2, 0.25) is 5.91 Å². The first-order valence-electron chi connectivity index (χ1n) is 9.59. The van der Waals surface area contributed by atoms with Crippen LogP contribution in [0.1, 0.15) is 52.5 Å². The number of hydrogen-bond donors (Lipinski definition) is 1. The molecule has 2 aromatic rings. The minimum atomic E-state index is -0.310. The number of ether oxygens (including phenoxy) is 1. The zero-order chi connectivity index (χ0) is 21.0. The van der Waals surface area contributed by atoms with Crippen molar-refractivity contribution < 1.29 is 19.1 Å². The average molecular weight is 415 g/mol. The first kappa shape index (κ1) is 20.9. The summed E-state index contributed by atoms with van der Waals surface area (Å²) in [7, 11) is 0. The number of rotatable bonds is 8. The predicted molar refractivity (Wildman–Crippen MR) is 112 cm³/mol. The second-order valence-corrected chi connectivity index (χ2v) is 7.39. The summed E-state index contributed by atoms with van der Waals surface area (Å²) in [5.41, 5.74) is 2.28. The summed E-state index contributed by atoms with van der Waals surface area (Å²) in [5, 5.41) is 3.29. The highest BCUT2D eigenvalue weighted by Gasteiger charge is 2.34. The van der Waals surface area contributed by atoms with Crippen LogP contribution in [0.25, 0.3) is 0 Å². The lowest BCUT2D eigenvalue weighted by molar-refractivity contribution is -0.116. The van der Waals surface area contributed by atoms with E-state index in [4.69, 9.17) is 16.3 Å². The van der Waals surface area contributed by atoms with Gasteiger partial charge >= 0.3 is 0 Å². The summed E-state index contributed by atoms with van der Waals surface area (Å²) in [6.07, 6.45) is 1.37. The number of carbonyl (C=O) groups is 3. The molecule has 152 valence electrons. The molecule has 0 unspecified atom stereocenters. The third-order valence-electron chi connectivity index (χ3n) is 4.59. The van der Waals surface area contributed by atoms with E-state index in [0.29, 0.717) is 40.6 Å². The second kappa shape index (κ2) is 9.09. The van der Waals surface area contributed by atoms with E-state index in [2.05, 4.69) is 5.32 Å². The molecule has 1 N–H and O–H groups in total. The Kier molecular flexibility index (Phi) is 6.54. The fourth-order valence-electron chi connectivity index (χ4n) is 3.16. The predicted octanol–water partition coefficient (Wildman–Crippen LogP) is 4.45. The Morgan fingerprint density at radius 2 is 1.86 bits per heavy atom. The van der Waals surface area contributed by atoms with E-state index >= 15 is 0 Å². The maximum absolute atomic E-state index is 12.5. The average Bonchev–Trinajstić information content (AvgIpc) is 2.91. The molecule has 0 bridgehead atoms. The molecular formula is C22H23ClN2O4. The van der Waals surface area contributed by atoms with Crippen LogP contribution < -0.4 is 10.1 Å². The van der Waals surface area contributed by atoms with Crippen molar-refractivity contribution in [2.75, 3.05) is 18.5 Å². The highest BCUT2D eigenvalue weighted by atomic mass is 35.5. The molecule has 0 radical (unpaired) electrons. The van der Waals surface area contributed by atoms with Crippen LogP contribution in [-0.4, -0.2) is 35.8 Å². The summed E-state index contributed by atoms with van der Waals surface area (Å²) >= 11 is 6.02. The fourth-order valence-corrected chi connectivity index (χ4v) is 3.33. The third-order valence-corrected chi connectivity index (χ3v) is 4.82. The highest BCUT2D eigenvalue weighted by Crippen LogP contribution is 2.29. The number of nitrogens with zero attached hydrogens (tertiary/aromatic N) is 1. The standard InChI is InChI=1S/C22H23ClN2O4/c1-3-11-29-19-9-7-15(23)13-18(19)24-20(26)5-4-10-25-21(27)16-8-6-14(2)12-17(16)22(25)28/h6-9,12-13H,3-5,10-11H2,1-2H3,(H,24,26). The molecule has 0 saturated heterocycles. The van der Waals surface area contributed by atoms with Crippen molar-refractivity contribution in [3.8, 4) is 5.75 Å². The number of fused-ring (bicyclic) bond motifs is 1. The topological polar surface area (TPSA) is 75.7 Å². The van der Waals surface area contributed by atoms with E-state index in [0.717, 1.165) is 12.0 Å². The van der Waals surface area contributed by atoms with Crippen molar-refractivity contribution in [3.63, 3.8) is 0 Å². The van der Waals surface area contributed by atoms with Crippen LogP contribution in [0, 0.1) is 6.92 Å². The Hall–Kier alpha value is -2.86. The Bertz CT molecular complexity index is 958. The molecule has 0 aliphatic carbocycles. The zero-order valence-corrected chi connectivity index (χ0v) is 17.2. The van der Waals surface area contributed by atoms with Crippen LogP contribution in [0.4, 0.5) is 5.69 Å². The Morgan fingerprint density at radius 1 is 1.10 bits per heavy atom. The number of amides is 3. The Morgan fingerprint density at radius 3 is 2.62 bits per heavy atom. The van der Waals surface area contributed by atoms with Crippen molar-refractivity contribution >= 4 is 35.0 Å². The molecule has 3 rings (SSSR count). The number of carbonyl (C=O) groups excluding carboxylic acids is 3. The van der Waals surface area contributed by atoms with E-state index in [-0.39, 0.29) is 30.7 Å². The SMILES string of the molecule is CCCOc1ccc(Cl)cc1NC(=O)CCCN1C(=O)c2ccc(C)cc2C1=O. The summed E-state index contributed by atoms with van der Waals surface area (Å²) in [5.74, 6) is -0.295. The molecule has 1 aliphatic rings. The number of halogens is 1. The van der Waals surface area contributed by atoms with Gasteiger partial charge in [-0.2, -0.15) is 0 Å². The van der Waals surface area contributed by atoms with E-state index in [1.165, 1.54) is 4.90 Å². The van der Waals surface area contributed by atoms with Gasteiger partial charge in [-0.3, -0.25) is 19.3 Å². The number of anilines is 1. The van der Waals surface area contributed by atoms with Gasteiger partial charge in [0.05, 0.1) is 23.4 Å².